The quantitative estimate of drug-likeness (QED) is 0.812. The molecule has 27 heavy (non-hydrogen) atoms. The summed E-state index contributed by atoms with van der Waals surface area (Å²) in [6, 6.07) is 12.3. The lowest BCUT2D eigenvalue weighted by molar-refractivity contribution is -0.120. The zero-order valence-corrected chi connectivity index (χ0v) is 16.2. The Hall–Kier alpha value is -2.89. The topological polar surface area (TPSA) is 60.0 Å². The van der Waals surface area contributed by atoms with Crippen LogP contribution in [0.4, 0.5) is 5.69 Å². The SMILES string of the molecule is COc1cc(CNC(=O)CN2c3ccccc3C[C@H]2C)cc(OC)c1OC. The molecule has 6 nitrogen and oxygen atoms in total. The maximum absolute atomic E-state index is 12.5. The molecule has 0 aromatic heterocycles. The maximum atomic E-state index is 12.5. The van der Waals surface area contributed by atoms with E-state index in [2.05, 4.69) is 29.3 Å². The van der Waals surface area contributed by atoms with Crippen molar-refractivity contribution in [2.45, 2.75) is 25.9 Å². The first-order valence-electron chi connectivity index (χ1n) is 8.97. The molecule has 0 radical (unpaired) electrons. The van der Waals surface area contributed by atoms with Crippen LogP contribution in [0.5, 0.6) is 17.2 Å². The van der Waals surface area contributed by atoms with E-state index >= 15 is 0 Å². The van der Waals surface area contributed by atoms with Crippen LogP contribution < -0.4 is 24.4 Å². The molecule has 144 valence electrons. The summed E-state index contributed by atoms with van der Waals surface area (Å²) < 4.78 is 16.1. The zero-order valence-electron chi connectivity index (χ0n) is 16.2. The van der Waals surface area contributed by atoms with Crippen LogP contribution in [-0.4, -0.2) is 39.8 Å². The highest BCUT2D eigenvalue weighted by Crippen LogP contribution is 2.38. The Morgan fingerprint density at radius 3 is 2.41 bits per heavy atom. The van der Waals surface area contributed by atoms with Gasteiger partial charge in [0, 0.05) is 18.3 Å². The number of carbonyl (C=O) groups is 1. The number of carbonyl (C=O) groups excluding carboxylic acids is 1. The van der Waals surface area contributed by atoms with Crippen molar-refractivity contribution in [1.82, 2.24) is 5.32 Å². The fourth-order valence-corrected chi connectivity index (χ4v) is 3.52. The minimum absolute atomic E-state index is 0.0210. The van der Waals surface area contributed by atoms with Gasteiger partial charge in [-0.25, -0.2) is 0 Å². The van der Waals surface area contributed by atoms with E-state index in [1.54, 1.807) is 21.3 Å². The van der Waals surface area contributed by atoms with Crippen LogP contribution >= 0.6 is 0 Å². The van der Waals surface area contributed by atoms with Crippen LogP contribution in [0, 0.1) is 0 Å². The largest absolute Gasteiger partial charge is 0.493 e. The number of para-hydroxylation sites is 1. The highest BCUT2D eigenvalue weighted by atomic mass is 16.5. The van der Waals surface area contributed by atoms with Gasteiger partial charge in [0.15, 0.2) is 11.5 Å². The Morgan fingerprint density at radius 2 is 1.78 bits per heavy atom. The van der Waals surface area contributed by atoms with Gasteiger partial charge in [0.05, 0.1) is 27.9 Å². The van der Waals surface area contributed by atoms with E-state index in [0.717, 1.165) is 17.7 Å². The van der Waals surface area contributed by atoms with Gasteiger partial charge in [0.1, 0.15) is 0 Å². The first-order valence-corrected chi connectivity index (χ1v) is 8.97. The summed E-state index contributed by atoms with van der Waals surface area (Å²) in [5, 5.41) is 2.98. The van der Waals surface area contributed by atoms with Crippen LogP contribution in [0.25, 0.3) is 0 Å². The van der Waals surface area contributed by atoms with Gasteiger partial charge in [0.2, 0.25) is 11.7 Å². The van der Waals surface area contributed by atoms with Gasteiger partial charge in [-0.1, -0.05) is 18.2 Å². The van der Waals surface area contributed by atoms with Gasteiger partial charge >= 0.3 is 0 Å². The van der Waals surface area contributed by atoms with Gasteiger partial charge in [0.25, 0.3) is 0 Å². The second kappa shape index (κ2) is 8.20. The van der Waals surface area contributed by atoms with E-state index in [1.165, 1.54) is 5.56 Å². The number of fused-ring (bicyclic) bond motifs is 1. The summed E-state index contributed by atoms with van der Waals surface area (Å²) in [5.41, 5.74) is 3.32. The number of benzene rings is 2. The molecule has 0 aliphatic carbocycles. The third kappa shape index (κ3) is 3.94. The molecule has 1 aliphatic heterocycles. The Morgan fingerprint density at radius 1 is 1.11 bits per heavy atom. The van der Waals surface area contributed by atoms with Crippen molar-refractivity contribution in [3.63, 3.8) is 0 Å². The summed E-state index contributed by atoms with van der Waals surface area (Å²) in [7, 11) is 4.72. The van der Waals surface area contributed by atoms with Gasteiger partial charge < -0.3 is 24.4 Å². The summed E-state index contributed by atoms with van der Waals surface area (Å²) in [6.07, 6.45) is 0.969. The minimum Gasteiger partial charge on any atom is -0.493 e. The highest BCUT2D eigenvalue weighted by molar-refractivity contribution is 5.82. The molecule has 0 fully saturated rings. The predicted octanol–water partition coefficient (Wildman–Crippen LogP) is 2.78. The minimum atomic E-state index is -0.0210. The third-order valence-electron chi connectivity index (χ3n) is 4.88. The Kier molecular flexibility index (Phi) is 5.74. The average molecular weight is 370 g/mol. The standard InChI is InChI=1S/C21H26N2O4/c1-14-9-16-7-5-6-8-17(16)23(14)13-20(24)22-12-15-10-18(25-2)21(27-4)19(11-15)26-3/h5-8,10-11,14H,9,12-13H2,1-4H3,(H,22,24)/t14-/m1/s1. The van der Waals surface area contributed by atoms with Gasteiger partial charge in [-0.2, -0.15) is 0 Å². The molecule has 6 heteroatoms. The number of hydrogen-bond acceptors (Lipinski definition) is 5. The number of hydrogen-bond donors (Lipinski definition) is 1. The molecule has 3 rings (SSSR count). The number of ether oxygens (including phenoxy) is 3. The molecule has 0 saturated heterocycles. The molecule has 2 aromatic rings. The van der Waals surface area contributed by atoms with Crippen molar-refractivity contribution in [3.8, 4) is 17.2 Å². The Balaban J connectivity index is 1.66. The predicted molar refractivity (Wildman–Crippen MR) is 105 cm³/mol. The highest BCUT2D eigenvalue weighted by Gasteiger charge is 2.26. The molecule has 1 heterocycles. The molecule has 1 N–H and O–H groups in total. The van der Waals surface area contributed by atoms with Gasteiger partial charge in [-0.15, -0.1) is 0 Å². The Labute approximate surface area is 160 Å². The van der Waals surface area contributed by atoms with E-state index < -0.39 is 0 Å². The monoisotopic (exact) mass is 370 g/mol. The Bertz CT molecular complexity index is 797. The lowest BCUT2D eigenvalue weighted by Gasteiger charge is -2.24. The first kappa shape index (κ1) is 18.9. The molecule has 0 saturated carbocycles. The molecule has 0 bridgehead atoms. The molecule has 2 aromatic carbocycles. The molecule has 1 atom stereocenters. The van der Waals surface area contributed by atoms with Crippen LogP contribution in [0.1, 0.15) is 18.1 Å². The fraction of sp³-hybridized carbons (Fsp3) is 0.381. The van der Waals surface area contributed by atoms with Crippen molar-refractivity contribution in [2.75, 3.05) is 32.8 Å². The number of anilines is 1. The fourth-order valence-electron chi connectivity index (χ4n) is 3.52. The molecular formula is C21H26N2O4. The van der Waals surface area contributed by atoms with Crippen molar-refractivity contribution in [3.05, 3.63) is 47.5 Å². The van der Waals surface area contributed by atoms with E-state index in [4.69, 9.17) is 14.2 Å². The van der Waals surface area contributed by atoms with Crippen LogP contribution in [0.15, 0.2) is 36.4 Å². The van der Waals surface area contributed by atoms with Gasteiger partial charge in [-0.05, 0) is 42.7 Å². The number of rotatable bonds is 7. The van der Waals surface area contributed by atoms with E-state index in [0.29, 0.717) is 36.4 Å². The van der Waals surface area contributed by atoms with Crippen LogP contribution in [-0.2, 0) is 17.8 Å². The van der Waals surface area contributed by atoms with E-state index in [-0.39, 0.29) is 5.91 Å². The van der Waals surface area contributed by atoms with Crippen molar-refractivity contribution < 1.29 is 19.0 Å². The summed E-state index contributed by atoms with van der Waals surface area (Å²) >= 11 is 0. The van der Waals surface area contributed by atoms with E-state index in [1.807, 2.05) is 24.3 Å². The number of nitrogens with zero attached hydrogens (tertiary/aromatic N) is 1. The van der Waals surface area contributed by atoms with Crippen LogP contribution in [0.2, 0.25) is 0 Å². The second-order valence-corrected chi connectivity index (χ2v) is 6.62. The normalized spacial score (nSPS) is 15.3. The number of amides is 1. The zero-order chi connectivity index (χ0) is 19.4. The summed E-state index contributed by atoms with van der Waals surface area (Å²) in [4.78, 5) is 14.7. The van der Waals surface area contributed by atoms with Crippen molar-refractivity contribution in [2.24, 2.45) is 0 Å². The van der Waals surface area contributed by atoms with Crippen molar-refractivity contribution >= 4 is 11.6 Å². The average Bonchev–Trinajstić information content (AvgIpc) is 3.00. The molecule has 0 spiro atoms. The van der Waals surface area contributed by atoms with E-state index in [9.17, 15) is 4.79 Å². The third-order valence-corrected chi connectivity index (χ3v) is 4.88. The first-order chi connectivity index (χ1) is 13.1. The summed E-state index contributed by atoms with van der Waals surface area (Å²) in [6.45, 7) is 2.87. The lowest BCUT2D eigenvalue weighted by Crippen LogP contribution is -2.39. The lowest BCUT2D eigenvalue weighted by atomic mass is 10.1. The molecule has 1 aliphatic rings. The number of methoxy groups -OCH3 is 3. The number of nitrogens with one attached hydrogen (secondary N) is 1. The smallest absolute Gasteiger partial charge is 0.239 e. The summed E-state index contributed by atoms with van der Waals surface area (Å²) in [5.74, 6) is 1.66. The van der Waals surface area contributed by atoms with Crippen LogP contribution in [0.3, 0.4) is 0 Å². The van der Waals surface area contributed by atoms with Gasteiger partial charge in [-0.3, -0.25) is 4.79 Å². The second-order valence-electron chi connectivity index (χ2n) is 6.62. The molecular weight excluding hydrogens is 344 g/mol. The molecule has 0 unspecified atom stereocenters. The van der Waals surface area contributed by atoms with Crippen molar-refractivity contribution in [1.29, 1.82) is 0 Å². The molecule has 1 amide bonds. The maximum Gasteiger partial charge on any atom is 0.239 e.